The molecule has 0 amide bonds. The third-order valence-corrected chi connectivity index (χ3v) is 3.28. The molecule has 0 aromatic carbocycles. The van der Waals surface area contributed by atoms with Gasteiger partial charge in [0.05, 0.1) is 0 Å². The monoisotopic (exact) mass is 356 g/mol. The summed E-state index contributed by atoms with van der Waals surface area (Å²) in [5.41, 5.74) is 0. The maximum atomic E-state index is 11.6. The van der Waals surface area contributed by atoms with Crippen LogP contribution >= 0.6 is 0 Å². The molecule has 0 aliphatic carbocycles. The van der Waals surface area contributed by atoms with Crippen molar-refractivity contribution in [3.05, 3.63) is 38.0 Å². The molecule has 0 saturated carbocycles. The molecular weight excluding hydrogens is 336 g/mol. The summed E-state index contributed by atoms with van der Waals surface area (Å²) in [6.45, 7) is 9.46. The van der Waals surface area contributed by atoms with E-state index in [4.69, 9.17) is 23.7 Å². The van der Waals surface area contributed by atoms with Crippen molar-refractivity contribution >= 4 is 17.9 Å². The second-order valence-electron chi connectivity index (χ2n) is 4.81. The van der Waals surface area contributed by atoms with Crippen LogP contribution in [-0.2, 0) is 38.1 Å². The van der Waals surface area contributed by atoms with Gasteiger partial charge in [0.25, 0.3) is 0 Å². The van der Waals surface area contributed by atoms with Gasteiger partial charge < -0.3 is 28.8 Å². The zero-order chi connectivity index (χ0) is 19.0. The normalized spacial score (nSPS) is 28.3. The number of ether oxygens (including phenoxy) is 5. The molecule has 0 bridgehead atoms. The Kier molecular flexibility index (Phi) is 7.99. The fourth-order valence-electron chi connectivity index (χ4n) is 2.16. The van der Waals surface area contributed by atoms with Crippen LogP contribution in [0.1, 0.15) is 0 Å². The van der Waals surface area contributed by atoms with E-state index in [9.17, 15) is 19.5 Å². The van der Waals surface area contributed by atoms with Crippen LogP contribution in [0.4, 0.5) is 0 Å². The van der Waals surface area contributed by atoms with Crippen molar-refractivity contribution in [2.75, 3.05) is 13.7 Å². The van der Waals surface area contributed by atoms with Crippen LogP contribution in [0, 0.1) is 0 Å². The summed E-state index contributed by atoms with van der Waals surface area (Å²) in [6.07, 6.45) is -3.57. The third-order valence-electron chi connectivity index (χ3n) is 3.28. The van der Waals surface area contributed by atoms with Gasteiger partial charge in [-0.1, -0.05) is 19.7 Å². The van der Waals surface area contributed by atoms with Crippen LogP contribution in [0.15, 0.2) is 38.0 Å². The molecule has 1 aliphatic heterocycles. The minimum atomic E-state index is -1.66. The molecule has 9 heteroatoms. The third kappa shape index (κ3) is 5.52. The maximum Gasteiger partial charge on any atom is 0.330 e. The molecule has 25 heavy (non-hydrogen) atoms. The molecule has 9 nitrogen and oxygen atoms in total. The first-order chi connectivity index (χ1) is 11.9. The molecule has 0 aromatic rings. The molecule has 0 radical (unpaired) electrons. The van der Waals surface area contributed by atoms with E-state index in [2.05, 4.69) is 19.7 Å². The predicted octanol–water partition coefficient (Wildman–Crippen LogP) is -0.357. The van der Waals surface area contributed by atoms with Crippen molar-refractivity contribution < 1.29 is 43.2 Å². The van der Waals surface area contributed by atoms with E-state index in [0.717, 1.165) is 18.2 Å². The van der Waals surface area contributed by atoms with Gasteiger partial charge >= 0.3 is 17.9 Å². The number of rotatable bonds is 8. The van der Waals surface area contributed by atoms with E-state index < -0.39 is 48.6 Å². The second-order valence-corrected chi connectivity index (χ2v) is 4.81. The molecule has 0 aromatic heterocycles. The topological polar surface area (TPSA) is 118 Å². The molecule has 1 N–H and O–H groups in total. The van der Waals surface area contributed by atoms with E-state index in [1.165, 1.54) is 7.11 Å². The van der Waals surface area contributed by atoms with Crippen molar-refractivity contribution in [1.29, 1.82) is 0 Å². The quantitative estimate of drug-likeness (QED) is 0.353. The Hall–Kier alpha value is -2.49. The number of carbonyl (C=O) groups excluding carboxylic acids is 3. The number of hydrogen-bond acceptors (Lipinski definition) is 9. The van der Waals surface area contributed by atoms with Gasteiger partial charge in [-0.05, 0) is 0 Å². The minimum absolute atomic E-state index is 0.315. The highest BCUT2D eigenvalue weighted by Gasteiger charge is 2.50. The molecule has 1 heterocycles. The van der Waals surface area contributed by atoms with Gasteiger partial charge in [-0.3, -0.25) is 0 Å². The van der Waals surface area contributed by atoms with E-state index in [0.29, 0.717) is 0 Å². The van der Waals surface area contributed by atoms with Gasteiger partial charge in [0.1, 0.15) is 18.8 Å². The lowest BCUT2D eigenvalue weighted by Gasteiger charge is -2.42. The average molecular weight is 356 g/mol. The van der Waals surface area contributed by atoms with E-state index >= 15 is 0 Å². The number of aliphatic hydroxyl groups is 1. The SMILES string of the molecule is C=CC(=O)OCC1OC(O)C(OC(=O)C=C)C(OC(=O)C=C)C1OC. The summed E-state index contributed by atoms with van der Waals surface area (Å²) in [6, 6.07) is 0. The van der Waals surface area contributed by atoms with Crippen molar-refractivity contribution in [1.82, 2.24) is 0 Å². The van der Waals surface area contributed by atoms with Gasteiger partial charge in [-0.25, -0.2) is 14.4 Å². The van der Waals surface area contributed by atoms with Crippen LogP contribution in [0.25, 0.3) is 0 Å². The summed E-state index contributed by atoms with van der Waals surface area (Å²) < 4.78 is 25.5. The summed E-state index contributed by atoms with van der Waals surface area (Å²) in [5.74, 6) is -2.41. The summed E-state index contributed by atoms with van der Waals surface area (Å²) in [4.78, 5) is 34.3. The van der Waals surface area contributed by atoms with Gasteiger partial charge in [-0.15, -0.1) is 0 Å². The molecule has 1 rings (SSSR count). The van der Waals surface area contributed by atoms with Crippen LogP contribution in [0.5, 0.6) is 0 Å². The lowest BCUT2D eigenvalue weighted by atomic mass is 9.98. The average Bonchev–Trinajstić information content (AvgIpc) is 2.61. The minimum Gasteiger partial charge on any atom is -0.460 e. The Morgan fingerprint density at radius 2 is 1.48 bits per heavy atom. The highest BCUT2D eigenvalue weighted by molar-refractivity contribution is 5.82. The smallest absolute Gasteiger partial charge is 0.330 e. The largest absolute Gasteiger partial charge is 0.460 e. The first-order valence-electron chi connectivity index (χ1n) is 7.19. The molecule has 1 fully saturated rings. The van der Waals surface area contributed by atoms with Crippen molar-refractivity contribution in [2.24, 2.45) is 0 Å². The molecule has 5 atom stereocenters. The number of methoxy groups -OCH3 is 1. The lowest BCUT2D eigenvalue weighted by Crippen LogP contribution is -2.61. The zero-order valence-electron chi connectivity index (χ0n) is 13.7. The van der Waals surface area contributed by atoms with Crippen LogP contribution in [0.3, 0.4) is 0 Å². The van der Waals surface area contributed by atoms with E-state index in [1.807, 2.05) is 0 Å². The van der Waals surface area contributed by atoms with Crippen LogP contribution in [0.2, 0.25) is 0 Å². The number of aliphatic hydroxyl groups excluding tert-OH is 1. The highest BCUT2D eigenvalue weighted by atomic mass is 16.7. The predicted molar refractivity (Wildman–Crippen MR) is 83.0 cm³/mol. The fourth-order valence-corrected chi connectivity index (χ4v) is 2.16. The first kappa shape index (κ1) is 20.6. The maximum absolute atomic E-state index is 11.6. The Bertz CT molecular complexity index is 542. The Morgan fingerprint density at radius 1 is 0.960 bits per heavy atom. The number of carbonyl (C=O) groups is 3. The molecule has 138 valence electrons. The Balaban J connectivity index is 3.04. The van der Waals surface area contributed by atoms with Crippen molar-refractivity contribution in [2.45, 2.75) is 30.7 Å². The highest BCUT2D eigenvalue weighted by Crippen LogP contribution is 2.27. The van der Waals surface area contributed by atoms with Crippen molar-refractivity contribution in [3.8, 4) is 0 Å². The van der Waals surface area contributed by atoms with Gasteiger partial charge in [0.2, 0.25) is 0 Å². The summed E-state index contributed by atoms with van der Waals surface area (Å²) >= 11 is 0. The molecule has 5 unspecified atom stereocenters. The van der Waals surface area contributed by atoms with Gasteiger partial charge in [0, 0.05) is 25.3 Å². The van der Waals surface area contributed by atoms with Crippen molar-refractivity contribution in [3.63, 3.8) is 0 Å². The number of hydrogen-bond donors (Lipinski definition) is 1. The second kappa shape index (κ2) is 9.72. The standard InChI is InChI=1S/C16H20O9/c1-5-10(17)22-8-9-13(21-4)14(24-11(18)6-2)15(16(20)23-9)25-12(19)7-3/h5-7,9,13-16,20H,1-3,8H2,4H3. The molecule has 1 aliphatic rings. The first-order valence-corrected chi connectivity index (χ1v) is 7.19. The van der Waals surface area contributed by atoms with Crippen LogP contribution < -0.4 is 0 Å². The summed E-state index contributed by atoms with van der Waals surface area (Å²) in [5, 5.41) is 10.1. The van der Waals surface area contributed by atoms with Gasteiger partial charge in [0.15, 0.2) is 18.5 Å². The number of esters is 3. The zero-order valence-corrected chi connectivity index (χ0v) is 13.7. The summed E-state index contributed by atoms with van der Waals surface area (Å²) in [7, 11) is 1.29. The van der Waals surface area contributed by atoms with E-state index in [-0.39, 0.29) is 6.61 Å². The lowest BCUT2D eigenvalue weighted by molar-refractivity contribution is -0.296. The van der Waals surface area contributed by atoms with E-state index in [1.54, 1.807) is 0 Å². The molecule has 0 spiro atoms. The Labute approximate surface area is 144 Å². The Morgan fingerprint density at radius 3 is 1.96 bits per heavy atom. The van der Waals surface area contributed by atoms with Crippen LogP contribution in [-0.4, -0.2) is 67.4 Å². The fraction of sp³-hybridized carbons (Fsp3) is 0.438. The molecule has 1 saturated heterocycles. The molecular formula is C16H20O9. The van der Waals surface area contributed by atoms with Gasteiger partial charge in [-0.2, -0.15) is 0 Å².